The van der Waals surface area contributed by atoms with Crippen molar-refractivity contribution in [3.63, 3.8) is 0 Å². The van der Waals surface area contributed by atoms with E-state index >= 15 is 0 Å². The summed E-state index contributed by atoms with van der Waals surface area (Å²) in [5.74, 6) is 0.646. The van der Waals surface area contributed by atoms with E-state index in [0.29, 0.717) is 18.0 Å². The quantitative estimate of drug-likeness (QED) is 0.710. The Morgan fingerprint density at radius 2 is 1.88 bits per heavy atom. The molecule has 0 aromatic rings. The van der Waals surface area contributed by atoms with Crippen LogP contribution in [-0.2, 0) is 9.53 Å². The molecule has 0 aromatic heterocycles. The number of carbonyl (C=O) groups excluding carboxylic acids is 1. The predicted molar refractivity (Wildman–Crippen MR) is 64.7 cm³/mol. The van der Waals surface area contributed by atoms with Crippen molar-refractivity contribution in [2.45, 2.75) is 38.3 Å². The van der Waals surface area contributed by atoms with Crippen molar-refractivity contribution in [1.29, 1.82) is 0 Å². The van der Waals surface area contributed by atoms with E-state index in [9.17, 15) is 4.79 Å². The highest BCUT2D eigenvalue weighted by atomic mass is 16.5. The molecule has 4 rings (SSSR count). The summed E-state index contributed by atoms with van der Waals surface area (Å²) in [5, 5.41) is 0. The lowest BCUT2D eigenvalue weighted by atomic mass is 9.84. The van der Waals surface area contributed by atoms with Gasteiger partial charge in [0.1, 0.15) is 0 Å². The highest BCUT2D eigenvalue weighted by molar-refractivity contribution is 5.80. The van der Waals surface area contributed by atoms with Gasteiger partial charge in [-0.3, -0.25) is 9.69 Å². The van der Waals surface area contributed by atoms with Crippen LogP contribution >= 0.6 is 0 Å². The average molecular weight is 238 g/mol. The molecule has 4 nitrogen and oxygen atoms in total. The molecule has 0 radical (unpaired) electrons. The Morgan fingerprint density at radius 3 is 2.47 bits per heavy atom. The lowest BCUT2D eigenvalue weighted by Gasteiger charge is -2.57. The molecule has 0 spiro atoms. The minimum Gasteiger partial charge on any atom is -0.381 e. The van der Waals surface area contributed by atoms with Crippen molar-refractivity contribution in [2.75, 3.05) is 32.8 Å². The Hall–Kier alpha value is -0.610. The molecule has 2 atom stereocenters. The summed E-state index contributed by atoms with van der Waals surface area (Å²) in [6, 6.07) is 1.01. The largest absolute Gasteiger partial charge is 0.381 e. The van der Waals surface area contributed by atoms with Gasteiger partial charge in [0.25, 0.3) is 0 Å². The van der Waals surface area contributed by atoms with Gasteiger partial charge in [-0.05, 0) is 25.8 Å². The molecule has 4 aliphatic rings. The SMILES string of the molecule is CCN1CC2CC(C1)N2C(=O)C1CCOCC1. The zero-order valence-corrected chi connectivity index (χ0v) is 10.6. The Bertz CT molecular complexity index is 290. The molecule has 96 valence electrons. The molecule has 4 heteroatoms. The molecule has 4 aliphatic heterocycles. The van der Waals surface area contributed by atoms with Crippen LogP contribution in [0.5, 0.6) is 0 Å². The van der Waals surface area contributed by atoms with E-state index in [1.54, 1.807) is 0 Å². The number of ether oxygens (including phenoxy) is 1. The van der Waals surface area contributed by atoms with E-state index in [1.807, 2.05) is 0 Å². The van der Waals surface area contributed by atoms with Crippen molar-refractivity contribution >= 4 is 5.91 Å². The van der Waals surface area contributed by atoms with Gasteiger partial charge in [0.15, 0.2) is 0 Å². The van der Waals surface area contributed by atoms with Crippen LogP contribution in [0.25, 0.3) is 0 Å². The van der Waals surface area contributed by atoms with Crippen molar-refractivity contribution in [1.82, 2.24) is 9.80 Å². The van der Waals surface area contributed by atoms with Crippen LogP contribution in [0, 0.1) is 5.92 Å². The van der Waals surface area contributed by atoms with Crippen LogP contribution in [0.1, 0.15) is 26.2 Å². The van der Waals surface area contributed by atoms with Crippen LogP contribution in [0.3, 0.4) is 0 Å². The highest BCUT2D eigenvalue weighted by Gasteiger charge is 2.48. The summed E-state index contributed by atoms with van der Waals surface area (Å²) in [7, 11) is 0. The third kappa shape index (κ3) is 1.97. The Kier molecular flexibility index (Phi) is 3.09. The monoisotopic (exact) mass is 238 g/mol. The van der Waals surface area contributed by atoms with Crippen LogP contribution in [0.4, 0.5) is 0 Å². The Balaban J connectivity index is 1.60. The summed E-state index contributed by atoms with van der Waals surface area (Å²) in [5.41, 5.74) is 0. The number of nitrogens with zero attached hydrogens (tertiary/aromatic N) is 2. The number of hydrogen-bond donors (Lipinski definition) is 0. The summed E-state index contributed by atoms with van der Waals surface area (Å²) >= 11 is 0. The van der Waals surface area contributed by atoms with Gasteiger partial charge in [-0.2, -0.15) is 0 Å². The van der Waals surface area contributed by atoms with E-state index < -0.39 is 0 Å². The topological polar surface area (TPSA) is 32.8 Å². The standard InChI is InChI=1S/C13H22N2O2/c1-2-14-8-11-7-12(9-14)15(11)13(16)10-3-5-17-6-4-10/h10-12H,2-9H2,1H3. The molecular formula is C13H22N2O2. The molecule has 0 aliphatic carbocycles. The maximum absolute atomic E-state index is 12.4. The Morgan fingerprint density at radius 1 is 1.24 bits per heavy atom. The fourth-order valence-corrected chi connectivity index (χ4v) is 3.47. The van der Waals surface area contributed by atoms with Crippen molar-refractivity contribution in [3.05, 3.63) is 0 Å². The van der Waals surface area contributed by atoms with Crippen LogP contribution in [0.2, 0.25) is 0 Å². The number of carbonyl (C=O) groups is 1. The summed E-state index contributed by atoms with van der Waals surface area (Å²) in [6.45, 7) is 7.02. The molecule has 4 heterocycles. The molecular weight excluding hydrogens is 216 g/mol. The molecule has 2 unspecified atom stereocenters. The fourth-order valence-electron chi connectivity index (χ4n) is 3.47. The average Bonchev–Trinajstić information content (AvgIpc) is 2.39. The number of hydrogen-bond acceptors (Lipinski definition) is 3. The van der Waals surface area contributed by atoms with Crippen LogP contribution in [-0.4, -0.2) is 60.6 Å². The van der Waals surface area contributed by atoms with E-state index in [2.05, 4.69) is 16.7 Å². The second-order valence-electron chi connectivity index (χ2n) is 5.53. The lowest BCUT2D eigenvalue weighted by Crippen LogP contribution is -2.70. The van der Waals surface area contributed by atoms with Gasteiger partial charge in [-0.25, -0.2) is 0 Å². The van der Waals surface area contributed by atoms with Crippen LogP contribution in [0.15, 0.2) is 0 Å². The molecule has 4 fully saturated rings. The third-order valence-corrected chi connectivity index (χ3v) is 4.54. The van der Waals surface area contributed by atoms with Crippen LogP contribution < -0.4 is 0 Å². The minimum absolute atomic E-state index is 0.238. The van der Waals surface area contributed by atoms with Gasteiger partial charge < -0.3 is 9.64 Å². The van der Waals surface area contributed by atoms with Gasteiger partial charge in [-0.15, -0.1) is 0 Å². The zero-order valence-electron chi connectivity index (χ0n) is 10.6. The predicted octanol–water partition coefficient (Wildman–Crippen LogP) is 0.718. The Labute approximate surface area is 103 Å². The van der Waals surface area contributed by atoms with Gasteiger partial charge in [0.05, 0.1) is 0 Å². The first kappa shape index (κ1) is 11.5. The normalized spacial score (nSPS) is 34.5. The molecule has 0 N–H and O–H groups in total. The second-order valence-corrected chi connectivity index (χ2v) is 5.53. The van der Waals surface area contributed by atoms with Crippen molar-refractivity contribution in [2.24, 2.45) is 5.92 Å². The number of piperidine rings is 1. The number of amides is 1. The number of piperazine rings is 1. The zero-order chi connectivity index (χ0) is 11.8. The molecule has 0 aromatic carbocycles. The van der Waals surface area contributed by atoms with Crippen molar-refractivity contribution < 1.29 is 9.53 Å². The van der Waals surface area contributed by atoms with Gasteiger partial charge in [-0.1, -0.05) is 6.92 Å². The summed E-state index contributed by atoms with van der Waals surface area (Å²) in [6.07, 6.45) is 3.07. The molecule has 0 saturated carbocycles. The fraction of sp³-hybridized carbons (Fsp3) is 0.923. The molecule has 1 amide bonds. The maximum atomic E-state index is 12.4. The van der Waals surface area contributed by atoms with Crippen molar-refractivity contribution in [3.8, 4) is 0 Å². The first-order valence-corrected chi connectivity index (χ1v) is 6.92. The molecule has 2 bridgehead atoms. The third-order valence-electron chi connectivity index (χ3n) is 4.54. The molecule has 17 heavy (non-hydrogen) atoms. The molecule has 4 saturated heterocycles. The minimum atomic E-state index is 0.238. The van der Waals surface area contributed by atoms with Gasteiger partial charge in [0.2, 0.25) is 5.91 Å². The van der Waals surface area contributed by atoms with E-state index in [0.717, 1.165) is 45.7 Å². The number of likely N-dealkylation sites (N-methyl/N-ethyl adjacent to an activating group) is 1. The van der Waals surface area contributed by atoms with E-state index in [4.69, 9.17) is 4.74 Å². The van der Waals surface area contributed by atoms with E-state index in [-0.39, 0.29) is 5.92 Å². The second kappa shape index (κ2) is 4.58. The summed E-state index contributed by atoms with van der Waals surface area (Å²) < 4.78 is 5.33. The maximum Gasteiger partial charge on any atom is 0.226 e. The highest BCUT2D eigenvalue weighted by Crippen LogP contribution is 2.34. The number of fused-ring (bicyclic) bond motifs is 2. The van der Waals surface area contributed by atoms with Gasteiger partial charge >= 0.3 is 0 Å². The smallest absolute Gasteiger partial charge is 0.226 e. The number of rotatable bonds is 2. The van der Waals surface area contributed by atoms with Gasteiger partial charge in [0, 0.05) is 44.3 Å². The summed E-state index contributed by atoms with van der Waals surface area (Å²) in [4.78, 5) is 17.1. The first-order valence-electron chi connectivity index (χ1n) is 6.92. The first-order chi connectivity index (χ1) is 8.29. The lowest BCUT2D eigenvalue weighted by molar-refractivity contribution is -0.161. The van der Waals surface area contributed by atoms with E-state index in [1.165, 1.54) is 6.42 Å².